The minimum atomic E-state index is -0.661. The molecule has 0 aliphatic carbocycles. The molecule has 0 unspecified atom stereocenters. The van der Waals surface area contributed by atoms with Gasteiger partial charge in [-0.1, -0.05) is 67.9 Å². The highest BCUT2D eigenvalue weighted by atomic mass is 35.5. The number of nitrogens with zero attached hydrogens (tertiary/aromatic N) is 2. The zero-order valence-electron chi connectivity index (χ0n) is 16.6. The third kappa shape index (κ3) is 4.36. The normalized spacial score (nSPS) is 18.6. The van der Waals surface area contributed by atoms with Crippen LogP contribution >= 0.6 is 11.6 Å². The van der Waals surface area contributed by atoms with Crippen LogP contribution in [-0.2, 0) is 9.59 Å². The third-order valence-electron chi connectivity index (χ3n) is 5.32. The van der Waals surface area contributed by atoms with Gasteiger partial charge in [-0.2, -0.15) is 0 Å². The number of hydrogen-bond donors (Lipinski definition) is 1. The van der Waals surface area contributed by atoms with Gasteiger partial charge < -0.3 is 14.9 Å². The fourth-order valence-corrected chi connectivity index (χ4v) is 3.77. The number of carbonyl (C=O) groups excluding carboxylic acids is 2. The third-order valence-corrected chi connectivity index (χ3v) is 5.58. The number of likely N-dealkylation sites (N-methyl/N-ethyl adjacent to an activating group) is 1. The van der Waals surface area contributed by atoms with Gasteiger partial charge in [-0.3, -0.25) is 9.59 Å². The number of ketones is 1. The fraction of sp³-hybridized carbons (Fsp3) is 0.304. The zero-order chi connectivity index (χ0) is 21.0. The van der Waals surface area contributed by atoms with Gasteiger partial charge in [0, 0.05) is 23.7 Å². The number of likely N-dealkylation sites (tertiary alicyclic amines) is 1. The summed E-state index contributed by atoms with van der Waals surface area (Å²) in [5.74, 6) is -1.41. The Balaban J connectivity index is 2.07. The first-order valence-electron chi connectivity index (χ1n) is 9.79. The number of Topliss-reactive ketones (excluding diaryl/α,β-unsaturated/α-hetero) is 1. The summed E-state index contributed by atoms with van der Waals surface area (Å²) in [5.41, 5.74) is 1.36. The lowest BCUT2D eigenvalue weighted by molar-refractivity contribution is -0.140. The van der Waals surface area contributed by atoms with E-state index in [1.807, 2.05) is 6.07 Å². The topological polar surface area (TPSA) is 60.9 Å². The highest BCUT2D eigenvalue weighted by Crippen LogP contribution is 2.39. The van der Waals surface area contributed by atoms with E-state index in [0.717, 1.165) is 18.7 Å². The Morgan fingerprint density at radius 1 is 1.03 bits per heavy atom. The molecule has 5 nitrogen and oxygen atoms in total. The monoisotopic (exact) mass is 412 g/mol. The van der Waals surface area contributed by atoms with Crippen molar-refractivity contribution in [1.82, 2.24) is 9.80 Å². The van der Waals surface area contributed by atoms with Gasteiger partial charge in [-0.25, -0.2) is 0 Å². The predicted octanol–water partition coefficient (Wildman–Crippen LogP) is 4.10. The zero-order valence-corrected chi connectivity index (χ0v) is 17.4. The summed E-state index contributed by atoms with van der Waals surface area (Å²) < 4.78 is 0. The Hall–Kier alpha value is -2.63. The number of hydrogen-bond acceptors (Lipinski definition) is 4. The van der Waals surface area contributed by atoms with Crippen LogP contribution in [0.5, 0.6) is 0 Å². The van der Waals surface area contributed by atoms with E-state index >= 15 is 0 Å². The van der Waals surface area contributed by atoms with Crippen molar-refractivity contribution in [3.05, 3.63) is 76.3 Å². The number of amides is 1. The summed E-state index contributed by atoms with van der Waals surface area (Å²) in [6.45, 7) is 6.88. The number of benzene rings is 2. The molecule has 1 atom stereocenters. The smallest absolute Gasteiger partial charge is 0.295 e. The first-order chi connectivity index (χ1) is 14.0. The summed E-state index contributed by atoms with van der Waals surface area (Å²) in [5, 5.41) is 11.5. The van der Waals surface area contributed by atoms with E-state index in [1.54, 1.807) is 53.4 Å². The average molecular weight is 413 g/mol. The summed E-state index contributed by atoms with van der Waals surface area (Å²) >= 11 is 6.03. The SMILES string of the molecule is CCN(CC)CCN1C(=O)C(=O)C(=C(O)c2ccccc2)[C@H]1c1ccc(Cl)cc1. The molecule has 3 rings (SSSR count). The second-order valence-corrected chi connectivity index (χ2v) is 7.37. The second-order valence-electron chi connectivity index (χ2n) is 6.94. The van der Waals surface area contributed by atoms with E-state index in [2.05, 4.69) is 18.7 Å². The predicted molar refractivity (Wildman–Crippen MR) is 115 cm³/mol. The van der Waals surface area contributed by atoms with Gasteiger partial charge in [0.1, 0.15) is 5.76 Å². The van der Waals surface area contributed by atoms with Crippen molar-refractivity contribution in [3.63, 3.8) is 0 Å². The fourth-order valence-electron chi connectivity index (χ4n) is 3.64. The van der Waals surface area contributed by atoms with Gasteiger partial charge >= 0.3 is 0 Å². The molecule has 29 heavy (non-hydrogen) atoms. The van der Waals surface area contributed by atoms with E-state index in [1.165, 1.54) is 0 Å². The van der Waals surface area contributed by atoms with E-state index < -0.39 is 17.7 Å². The van der Waals surface area contributed by atoms with Gasteiger partial charge in [0.2, 0.25) is 0 Å². The molecule has 6 heteroatoms. The number of rotatable bonds is 7. The van der Waals surface area contributed by atoms with Crippen LogP contribution in [0.1, 0.15) is 31.0 Å². The van der Waals surface area contributed by atoms with Crippen molar-refractivity contribution < 1.29 is 14.7 Å². The van der Waals surface area contributed by atoms with Crippen molar-refractivity contribution in [3.8, 4) is 0 Å². The molecule has 2 aromatic rings. The largest absolute Gasteiger partial charge is 0.507 e. The molecule has 1 N–H and O–H groups in total. The number of aliphatic hydroxyl groups excluding tert-OH is 1. The van der Waals surface area contributed by atoms with Crippen LogP contribution in [0.15, 0.2) is 60.2 Å². The molecule has 152 valence electrons. The van der Waals surface area contributed by atoms with Gasteiger partial charge in [0.15, 0.2) is 0 Å². The van der Waals surface area contributed by atoms with Gasteiger partial charge in [0.25, 0.3) is 11.7 Å². The Kier molecular flexibility index (Phi) is 6.72. The standard InChI is InChI=1S/C23H25ClN2O3/c1-3-25(4-2)14-15-26-20(16-10-12-18(24)13-11-16)19(22(28)23(26)29)21(27)17-8-6-5-7-9-17/h5-13,20,27H,3-4,14-15H2,1-2H3/t20-/m1/s1. The molecule has 0 aromatic heterocycles. The Morgan fingerprint density at radius 2 is 1.66 bits per heavy atom. The van der Waals surface area contributed by atoms with Crippen LogP contribution in [0, 0.1) is 0 Å². The molecule has 1 aliphatic heterocycles. The van der Waals surface area contributed by atoms with Crippen molar-refractivity contribution >= 4 is 29.1 Å². The quantitative estimate of drug-likeness (QED) is 0.422. The minimum Gasteiger partial charge on any atom is -0.507 e. The number of aliphatic hydroxyl groups is 1. The van der Waals surface area contributed by atoms with Crippen molar-refractivity contribution in [2.75, 3.05) is 26.2 Å². The van der Waals surface area contributed by atoms with Crippen molar-refractivity contribution in [2.45, 2.75) is 19.9 Å². The molecule has 0 spiro atoms. The molecule has 0 bridgehead atoms. The molecular formula is C23H25ClN2O3. The van der Waals surface area contributed by atoms with Crippen LogP contribution in [0.25, 0.3) is 5.76 Å². The summed E-state index contributed by atoms with van der Waals surface area (Å²) in [7, 11) is 0. The second kappa shape index (κ2) is 9.25. The van der Waals surface area contributed by atoms with E-state index in [4.69, 9.17) is 11.6 Å². The van der Waals surface area contributed by atoms with E-state index in [-0.39, 0.29) is 11.3 Å². The van der Waals surface area contributed by atoms with Crippen molar-refractivity contribution in [1.29, 1.82) is 0 Å². The van der Waals surface area contributed by atoms with Crippen LogP contribution in [0.2, 0.25) is 5.02 Å². The van der Waals surface area contributed by atoms with Crippen molar-refractivity contribution in [2.24, 2.45) is 0 Å². The van der Waals surface area contributed by atoms with Crippen LogP contribution in [-0.4, -0.2) is 52.8 Å². The molecule has 2 aromatic carbocycles. The minimum absolute atomic E-state index is 0.114. The van der Waals surface area contributed by atoms with Crippen LogP contribution in [0.4, 0.5) is 0 Å². The maximum atomic E-state index is 12.9. The maximum absolute atomic E-state index is 12.9. The first-order valence-corrected chi connectivity index (χ1v) is 10.2. The van der Waals surface area contributed by atoms with Gasteiger partial charge in [0.05, 0.1) is 11.6 Å². The first kappa shape index (κ1) is 21.1. The Bertz CT molecular complexity index is 905. The average Bonchev–Trinajstić information content (AvgIpc) is 3.00. The molecule has 1 saturated heterocycles. The van der Waals surface area contributed by atoms with Gasteiger partial charge in [-0.15, -0.1) is 0 Å². The summed E-state index contributed by atoms with van der Waals surface area (Å²) in [6.07, 6.45) is 0. The molecule has 0 saturated carbocycles. The molecule has 1 amide bonds. The van der Waals surface area contributed by atoms with E-state index in [0.29, 0.717) is 23.7 Å². The molecular weight excluding hydrogens is 388 g/mol. The number of halogens is 1. The lowest BCUT2D eigenvalue weighted by Crippen LogP contribution is -2.38. The van der Waals surface area contributed by atoms with Crippen LogP contribution < -0.4 is 0 Å². The highest BCUT2D eigenvalue weighted by Gasteiger charge is 2.45. The number of carbonyl (C=O) groups is 2. The Morgan fingerprint density at radius 3 is 2.24 bits per heavy atom. The highest BCUT2D eigenvalue weighted by molar-refractivity contribution is 6.46. The van der Waals surface area contributed by atoms with Gasteiger partial charge in [-0.05, 0) is 30.8 Å². The Labute approximate surface area is 176 Å². The molecule has 1 heterocycles. The lowest BCUT2D eigenvalue weighted by Gasteiger charge is -2.28. The summed E-state index contributed by atoms with van der Waals surface area (Å²) in [6, 6.07) is 15.2. The molecule has 1 fully saturated rings. The lowest BCUT2D eigenvalue weighted by atomic mass is 9.95. The molecule has 1 aliphatic rings. The summed E-state index contributed by atoms with van der Waals surface area (Å²) in [4.78, 5) is 29.5. The maximum Gasteiger partial charge on any atom is 0.295 e. The van der Waals surface area contributed by atoms with E-state index in [9.17, 15) is 14.7 Å². The van der Waals surface area contributed by atoms with Crippen LogP contribution in [0.3, 0.4) is 0 Å². The molecule has 0 radical (unpaired) electrons.